The molecule has 3 atom stereocenters. The molecule has 0 aliphatic carbocycles. The molecular formula is C14H25N3O2. The van der Waals surface area contributed by atoms with Gasteiger partial charge >= 0.3 is 0 Å². The van der Waals surface area contributed by atoms with Crippen molar-refractivity contribution in [3.05, 3.63) is 0 Å². The van der Waals surface area contributed by atoms with Crippen molar-refractivity contribution in [1.82, 2.24) is 15.1 Å². The van der Waals surface area contributed by atoms with Crippen molar-refractivity contribution in [2.75, 3.05) is 20.1 Å². The second-order valence-electron chi connectivity index (χ2n) is 5.86. The van der Waals surface area contributed by atoms with Gasteiger partial charge in [-0.3, -0.25) is 14.5 Å². The molecule has 0 aromatic heterocycles. The fraction of sp³-hybridized carbons (Fsp3) is 0.857. The Labute approximate surface area is 115 Å². The van der Waals surface area contributed by atoms with Crippen molar-refractivity contribution in [2.24, 2.45) is 0 Å². The number of carbonyl (C=O) groups excluding carboxylic acids is 2. The molecule has 2 heterocycles. The molecule has 0 bridgehead atoms. The monoisotopic (exact) mass is 267 g/mol. The van der Waals surface area contributed by atoms with E-state index >= 15 is 0 Å². The van der Waals surface area contributed by atoms with Crippen molar-refractivity contribution in [2.45, 2.75) is 57.7 Å². The second-order valence-corrected chi connectivity index (χ2v) is 5.86. The topological polar surface area (TPSA) is 52.7 Å². The molecule has 2 fully saturated rings. The van der Waals surface area contributed by atoms with Crippen LogP contribution in [0.5, 0.6) is 0 Å². The molecule has 19 heavy (non-hydrogen) atoms. The number of nitrogens with zero attached hydrogens (tertiary/aromatic N) is 2. The predicted molar refractivity (Wildman–Crippen MR) is 73.7 cm³/mol. The van der Waals surface area contributed by atoms with Gasteiger partial charge in [-0.15, -0.1) is 0 Å². The number of hydrogen-bond donors (Lipinski definition) is 1. The Kier molecular flexibility index (Phi) is 4.58. The standard InChI is InChI=1S/C14H25N3O2/c1-4-6-17-13(18)9-12(14(17)19)15-11-5-7-16(3)10(2)8-11/h10-12,15H,4-9H2,1-3H3. The van der Waals surface area contributed by atoms with Crippen molar-refractivity contribution >= 4 is 11.8 Å². The van der Waals surface area contributed by atoms with Crippen molar-refractivity contribution in [3.8, 4) is 0 Å². The number of hydrogen-bond acceptors (Lipinski definition) is 4. The summed E-state index contributed by atoms with van der Waals surface area (Å²) in [7, 11) is 2.13. The molecular weight excluding hydrogens is 242 g/mol. The van der Waals surface area contributed by atoms with E-state index in [1.807, 2.05) is 6.92 Å². The first-order chi connectivity index (χ1) is 9.02. The zero-order chi connectivity index (χ0) is 14.0. The normalized spacial score (nSPS) is 33.2. The maximum absolute atomic E-state index is 12.2. The minimum Gasteiger partial charge on any atom is -0.304 e. The number of piperidine rings is 1. The van der Waals surface area contributed by atoms with Crippen LogP contribution in [0, 0.1) is 0 Å². The summed E-state index contributed by atoms with van der Waals surface area (Å²) in [6, 6.07) is 0.597. The fourth-order valence-electron chi connectivity index (χ4n) is 3.00. The van der Waals surface area contributed by atoms with E-state index in [0.717, 1.165) is 25.8 Å². The quantitative estimate of drug-likeness (QED) is 0.758. The minimum atomic E-state index is -0.292. The second kappa shape index (κ2) is 6.01. The summed E-state index contributed by atoms with van der Waals surface area (Å²) in [6.45, 7) is 5.80. The maximum Gasteiger partial charge on any atom is 0.246 e. The Bertz CT molecular complexity index is 359. The lowest BCUT2D eigenvalue weighted by Gasteiger charge is -2.36. The van der Waals surface area contributed by atoms with Crippen LogP contribution >= 0.6 is 0 Å². The molecule has 2 aliphatic rings. The number of rotatable bonds is 4. The van der Waals surface area contributed by atoms with Gasteiger partial charge in [-0.05, 0) is 39.8 Å². The van der Waals surface area contributed by atoms with E-state index in [-0.39, 0.29) is 17.9 Å². The number of amides is 2. The van der Waals surface area contributed by atoms with Crippen LogP contribution in [0.15, 0.2) is 0 Å². The van der Waals surface area contributed by atoms with Gasteiger partial charge in [-0.2, -0.15) is 0 Å². The van der Waals surface area contributed by atoms with Gasteiger partial charge in [0.15, 0.2) is 0 Å². The summed E-state index contributed by atoms with van der Waals surface area (Å²) in [6.07, 6.45) is 3.25. The van der Waals surface area contributed by atoms with E-state index in [1.54, 1.807) is 0 Å². The molecule has 0 radical (unpaired) electrons. The minimum absolute atomic E-state index is 0.0228. The molecule has 0 spiro atoms. The van der Waals surface area contributed by atoms with E-state index in [2.05, 4.69) is 24.2 Å². The van der Waals surface area contributed by atoms with Crippen LogP contribution in [-0.2, 0) is 9.59 Å². The molecule has 0 aromatic carbocycles. The number of nitrogens with one attached hydrogen (secondary N) is 1. The van der Waals surface area contributed by atoms with Crippen molar-refractivity contribution in [1.29, 1.82) is 0 Å². The molecule has 0 aromatic rings. The van der Waals surface area contributed by atoms with Crippen LogP contribution in [0.2, 0.25) is 0 Å². The van der Waals surface area contributed by atoms with E-state index in [1.165, 1.54) is 4.90 Å². The maximum atomic E-state index is 12.2. The van der Waals surface area contributed by atoms with E-state index in [0.29, 0.717) is 25.0 Å². The first kappa shape index (κ1) is 14.5. The largest absolute Gasteiger partial charge is 0.304 e. The van der Waals surface area contributed by atoms with Crippen LogP contribution in [0.3, 0.4) is 0 Å². The smallest absolute Gasteiger partial charge is 0.246 e. The molecule has 5 heteroatoms. The van der Waals surface area contributed by atoms with E-state index in [9.17, 15) is 9.59 Å². The summed E-state index contributed by atoms with van der Waals surface area (Å²) >= 11 is 0. The van der Waals surface area contributed by atoms with Gasteiger partial charge in [-0.1, -0.05) is 6.92 Å². The average Bonchev–Trinajstić information content (AvgIpc) is 2.62. The van der Waals surface area contributed by atoms with Crippen LogP contribution < -0.4 is 5.32 Å². The van der Waals surface area contributed by atoms with Crippen molar-refractivity contribution in [3.63, 3.8) is 0 Å². The average molecular weight is 267 g/mol. The van der Waals surface area contributed by atoms with Gasteiger partial charge in [0.1, 0.15) is 0 Å². The fourth-order valence-corrected chi connectivity index (χ4v) is 3.00. The van der Waals surface area contributed by atoms with Gasteiger partial charge in [0.2, 0.25) is 11.8 Å². The van der Waals surface area contributed by atoms with Gasteiger partial charge in [0.25, 0.3) is 0 Å². The lowest BCUT2D eigenvalue weighted by atomic mass is 9.98. The van der Waals surface area contributed by atoms with Crippen LogP contribution in [-0.4, -0.2) is 59.9 Å². The van der Waals surface area contributed by atoms with Crippen molar-refractivity contribution < 1.29 is 9.59 Å². The van der Waals surface area contributed by atoms with Crippen LogP contribution in [0.1, 0.15) is 39.5 Å². The lowest BCUT2D eigenvalue weighted by Crippen LogP contribution is -2.50. The number of likely N-dealkylation sites (tertiary alicyclic amines) is 2. The summed E-state index contributed by atoms with van der Waals surface area (Å²) in [4.78, 5) is 27.7. The first-order valence-corrected chi connectivity index (χ1v) is 7.33. The molecule has 0 saturated carbocycles. The molecule has 2 amide bonds. The predicted octanol–water partition coefficient (Wildman–Crippen LogP) is 0.596. The molecule has 2 saturated heterocycles. The summed E-state index contributed by atoms with van der Waals surface area (Å²) in [5.41, 5.74) is 0. The SMILES string of the molecule is CCCN1C(=O)CC(NC2CCN(C)C(C)C2)C1=O. The summed E-state index contributed by atoms with van der Waals surface area (Å²) in [5.74, 6) is -0.0521. The Hall–Kier alpha value is -0.940. The highest BCUT2D eigenvalue weighted by atomic mass is 16.2. The highest BCUT2D eigenvalue weighted by molar-refractivity contribution is 6.05. The Morgan fingerprint density at radius 1 is 1.37 bits per heavy atom. The molecule has 2 aliphatic heterocycles. The zero-order valence-electron chi connectivity index (χ0n) is 12.2. The third kappa shape index (κ3) is 3.15. The Morgan fingerprint density at radius 3 is 2.74 bits per heavy atom. The summed E-state index contributed by atoms with van der Waals surface area (Å²) < 4.78 is 0. The molecule has 108 valence electrons. The number of carbonyl (C=O) groups is 2. The zero-order valence-corrected chi connectivity index (χ0v) is 12.2. The lowest BCUT2D eigenvalue weighted by molar-refractivity contribution is -0.138. The van der Waals surface area contributed by atoms with Gasteiger partial charge < -0.3 is 10.2 Å². The highest BCUT2D eigenvalue weighted by Crippen LogP contribution is 2.19. The molecule has 5 nitrogen and oxygen atoms in total. The molecule has 2 rings (SSSR count). The summed E-state index contributed by atoms with van der Waals surface area (Å²) in [5, 5.41) is 3.40. The molecule has 3 unspecified atom stereocenters. The van der Waals surface area contributed by atoms with Gasteiger partial charge in [-0.25, -0.2) is 0 Å². The Morgan fingerprint density at radius 2 is 2.11 bits per heavy atom. The molecule has 1 N–H and O–H groups in total. The first-order valence-electron chi connectivity index (χ1n) is 7.33. The van der Waals surface area contributed by atoms with Crippen LogP contribution in [0.4, 0.5) is 0 Å². The number of imide groups is 1. The van der Waals surface area contributed by atoms with E-state index < -0.39 is 0 Å². The van der Waals surface area contributed by atoms with Gasteiger partial charge in [0.05, 0.1) is 12.5 Å². The third-order valence-corrected chi connectivity index (χ3v) is 4.34. The highest BCUT2D eigenvalue weighted by Gasteiger charge is 2.39. The van der Waals surface area contributed by atoms with E-state index in [4.69, 9.17) is 0 Å². The third-order valence-electron chi connectivity index (χ3n) is 4.34. The van der Waals surface area contributed by atoms with Gasteiger partial charge in [0, 0.05) is 18.6 Å². The Balaban J connectivity index is 1.90. The van der Waals surface area contributed by atoms with Crippen LogP contribution in [0.25, 0.3) is 0 Å².